The molecule has 1 aromatic heterocycles. The lowest BCUT2D eigenvalue weighted by Crippen LogP contribution is -2.39. The number of methoxy groups -OCH3 is 3. The van der Waals surface area contributed by atoms with Crippen molar-refractivity contribution in [1.82, 2.24) is 4.57 Å². The van der Waals surface area contributed by atoms with Gasteiger partial charge in [0, 0.05) is 0 Å². The molecule has 164 valence electrons. The molecule has 0 saturated heterocycles. The Morgan fingerprint density at radius 3 is 2.44 bits per heavy atom. The maximum absolute atomic E-state index is 13.5. The second-order valence-corrected chi connectivity index (χ2v) is 8.13. The van der Waals surface area contributed by atoms with E-state index in [1.807, 2.05) is 36.4 Å². The molecule has 4 rings (SSSR count). The van der Waals surface area contributed by atoms with Gasteiger partial charge in [0.15, 0.2) is 4.80 Å². The first-order chi connectivity index (χ1) is 15.5. The zero-order valence-electron chi connectivity index (χ0n) is 18.1. The van der Waals surface area contributed by atoms with E-state index in [0.717, 1.165) is 11.1 Å². The topological polar surface area (TPSA) is 79.1 Å². The highest BCUT2D eigenvalue weighted by molar-refractivity contribution is 7.07. The van der Waals surface area contributed by atoms with Gasteiger partial charge >= 0.3 is 5.97 Å². The molecule has 0 N–H and O–H groups in total. The van der Waals surface area contributed by atoms with E-state index in [1.165, 1.54) is 18.4 Å². The maximum Gasteiger partial charge on any atom is 0.338 e. The molecule has 0 bridgehead atoms. The number of allylic oxidation sites excluding steroid dienone is 1. The van der Waals surface area contributed by atoms with Gasteiger partial charge in [0.05, 0.1) is 43.2 Å². The van der Waals surface area contributed by atoms with E-state index >= 15 is 0 Å². The molecule has 0 aliphatic carbocycles. The number of carbonyl (C=O) groups is 1. The summed E-state index contributed by atoms with van der Waals surface area (Å²) in [7, 11) is 4.50. The van der Waals surface area contributed by atoms with Crippen molar-refractivity contribution >= 4 is 23.4 Å². The van der Waals surface area contributed by atoms with E-state index in [1.54, 1.807) is 43.9 Å². The molecule has 7 nitrogen and oxygen atoms in total. The Kier molecular flexibility index (Phi) is 5.96. The monoisotopic (exact) mass is 450 g/mol. The van der Waals surface area contributed by atoms with Gasteiger partial charge in [0.25, 0.3) is 5.56 Å². The summed E-state index contributed by atoms with van der Waals surface area (Å²) in [4.78, 5) is 31.2. The van der Waals surface area contributed by atoms with E-state index in [4.69, 9.17) is 14.2 Å². The molecule has 0 saturated carbocycles. The van der Waals surface area contributed by atoms with Gasteiger partial charge in [0.2, 0.25) is 0 Å². The Morgan fingerprint density at radius 1 is 1.06 bits per heavy atom. The Hall–Kier alpha value is -3.65. The van der Waals surface area contributed by atoms with Gasteiger partial charge in [-0.25, -0.2) is 9.79 Å². The second-order valence-electron chi connectivity index (χ2n) is 7.12. The fourth-order valence-corrected chi connectivity index (χ4v) is 4.72. The number of hydrogen-bond donors (Lipinski definition) is 0. The predicted molar refractivity (Wildman–Crippen MR) is 122 cm³/mol. The summed E-state index contributed by atoms with van der Waals surface area (Å²) in [5.41, 5.74) is 2.21. The Labute approximate surface area is 188 Å². The number of aromatic nitrogens is 1. The number of esters is 1. The fourth-order valence-electron chi connectivity index (χ4n) is 3.68. The summed E-state index contributed by atoms with van der Waals surface area (Å²) in [6.45, 7) is 1.75. The van der Waals surface area contributed by atoms with E-state index < -0.39 is 12.0 Å². The van der Waals surface area contributed by atoms with Crippen LogP contribution in [-0.4, -0.2) is 31.9 Å². The number of carbonyl (C=O) groups excluding carboxylic acids is 1. The van der Waals surface area contributed by atoms with Crippen molar-refractivity contribution in [2.24, 2.45) is 4.99 Å². The fraction of sp³-hybridized carbons (Fsp3) is 0.208. The molecule has 32 heavy (non-hydrogen) atoms. The molecule has 1 atom stereocenters. The second kappa shape index (κ2) is 8.84. The molecule has 0 unspecified atom stereocenters. The zero-order chi connectivity index (χ0) is 22.8. The molecule has 0 spiro atoms. The van der Waals surface area contributed by atoms with Gasteiger partial charge in [-0.1, -0.05) is 35.6 Å². The lowest BCUT2D eigenvalue weighted by Gasteiger charge is -2.24. The van der Waals surface area contributed by atoms with Crippen LogP contribution in [0.3, 0.4) is 0 Å². The van der Waals surface area contributed by atoms with E-state index in [-0.39, 0.29) is 5.56 Å². The van der Waals surface area contributed by atoms with Crippen LogP contribution in [0.1, 0.15) is 24.1 Å². The summed E-state index contributed by atoms with van der Waals surface area (Å²) in [5.74, 6) is 0.861. The molecular formula is C24H22N2O5S. The molecule has 0 amide bonds. The smallest absolute Gasteiger partial charge is 0.338 e. The quantitative estimate of drug-likeness (QED) is 0.558. The molecule has 1 aliphatic heterocycles. The summed E-state index contributed by atoms with van der Waals surface area (Å²) >= 11 is 1.28. The first kappa shape index (κ1) is 21.6. The van der Waals surface area contributed by atoms with Crippen molar-refractivity contribution in [3.05, 3.63) is 90.6 Å². The maximum atomic E-state index is 13.5. The normalized spacial score (nSPS) is 15.8. The number of fused-ring (bicyclic) bond motifs is 1. The largest absolute Gasteiger partial charge is 0.497 e. The zero-order valence-corrected chi connectivity index (χ0v) is 18.9. The average molecular weight is 451 g/mol. The van der Waals surface area contributed by atoms with Crippen LogP contribution < -0.4 is 24.4 Å². The molecule has 0 fully saturated rings. The van der Waals surface area contributed by atoms with Gasteiger partial charge in [-0.2, -0.15) is 0 Å². The predicted octanol–water partition coefficient (Wildman–Crippen LogP) is 2.43. The van der Waals surface area contributed by atoms with E-state index in [0.29, 0.717) is 32.1 Å². The van der Waals surface area contributed by atoms with Crippen molar-refractivity contribution in [2.45, 2.75) is 13.0 Å². The summed E-state index contributed by atoms with van der Waals surface area (Å²) < 4.78 is 17.6. The highest BCUT2D eigenvalue weighted by Crippen LogP contribution is 2.31. The average Bonchev–Trinajstić information content (AvgIpc) is 3.12. The van der Waals surface area contributed by atoms with Crippen molar-refractivity contribution < 1.29 is 19.0 Å². The number of ether oxygens (including phenoxy) is 3. The van der Waals surface area contributed by atoms with Crippen LogP contribution >= 0.6 is 11.3 Å². The van der Waals surface area contributed by atoms with Gasteiger partial charge in [-0.15, -0.1) is 0 Å². The SMILES string of the molecule is COC(=O)C1=C(C)N=c2s/c(=C\c3cccc(OC)c3)c(=O)n2[C@H]1c1ccc(OC)cc1. The van der Waals surface area contributed by atoms with Gasteiger partial charge in [0.1, 0.15) is 11.5 Å². The molecular weight excluding hydrogens is 428 g/mol. The summed E-state index contributed by atoms with van der Waals surface area (Å²) in [5, 5.41) is 0. The van der Waals surface area contributed by atoms with Crippen molar-refractivity contribution in [2.75, 3.05) is 21.3 Å². The summed E-state index contributed by atoms with van der Waals surface area (Å²) in [6, 6.07) is 14.1. The van der Waals surface area contributed by atoms with E-state index in [9.17, 15) is 9.59 Å². The third kappa shape index (κ3) is 3.85. The van der Waals surface area contributed by atoms with Crippen molar-refractivity contribution in [3.63, 3.8) is 0 Å². The molecule has 2 aromatic carbocycles. The van der Waals surface area contributed by atoms with Gasteiger partial charge in [-0.05, 0) is 48.4 Å². The van der Waals surface area contributed by atoms with E-state index in [2.05, 4.69) is 4.99 Å². The number of benzene rings is 2. The van der Waals surface area contributed by atoms with Crippen molar-refractivity contribution in [1.29, 1.82) is 0 Å². The van der Waals surface area contributed by atoms with Crippen LogP contribution in [0.2, 0.25) is 0 Å². The number of hydrogen-bond acceptors (Lipinski definition) is 7. The summed E-state index contributed by atoms with van der Waals surface area (Å²) in [6.07, 6.45) is 1.80. The Morgan fingerprint density at radius 2 is 1.78 bits per heavy atom. The molecule has 2 heterocycles. The van der Waals surface area contributed by atoms with Crippen LogP contribution in [0.25, 0.3) is 6.08 Å². The number of nitrogens with zero attached hydrogens (tertiary/aromatic N) is 2. The van der Waals surface area contributed by atoms with Crippen LogP contribution in [0.5, 0.6) is 11.5 Å². The first-order valence-electron chi connectivity index (χ1n) is 9.85. The lowest BCUT2D eigenvalue weighted by molar-refractivity contribution is -0.136. The number of thiazole rings is 1. The molecule has 1 aliphatic rings. The minimum atomic E-state index is -0.655. The highest BCUT2D eigenvalue weighted by Gasteiger charge is 2.33. The standard InChI is InChI=1S/C24H22N2O5S/c1-14-20(23(28)31-4)21(16-8-10-17(29-2)11-9-16)26-22(27)19(32-24(26)25-14)13-15-6-5-7-18(12-15)30-3/h5-13,21H,1-4H3/b19-13-/t21-/m0/s1. The minimum absolute atomic E-state index is 0.230. The minimum Gasteiger partial charge on any atom is -0.497 e. The number of rotatable bonds is 5. The Bertz CT molecular complexity index is 1380. The van der Waals surface area contributed by atoms with Crippen LogP contribution in [0.4, 0.5) is 0 Å². The lowest BCUT2D eigenvalue weighted by atomic mass is 9.96. The van der Waals surface area contributed by atoms with Crippen LogP contribution in [0, 0.1) is 0 Å². The third-order valence-corrected chi connectivity index (χ3v) is 6.23. The van der Waals surface area contributed by atoms with Gasteiger partial charge < -0.3 is 14.2 Å². The molecule has 0 radical (unpaired) electrons. The first-order valence-corrected chi connectivity index (χ1v) is 10.7. The van der Waals surface area contributed by atoms with Crippen LogP contribution in [-0.2, 0) is 9.53 Å². The highest BCUT2D eigenvalue weighted by atomic mass is 32.1. The molecule has 3 aromatic rings. The van der Waals surface area contributed by atoms with Crippen LogP contribution in [0.15, 0.2) is 69.6 Å². The van der Waals surface area contributed by atoms with Crippen molar-refractivity contribution in [3.8, 4) is 11.5 Å². The third-order valence-electron chi connectivity index (χ3n) is 5.25. The molecule has 8 heteroatoms. The van der Waals surface area contributed by atoms with Gasteiger partial charge in [-0.3, -0.25) is 9.36 Å². The Balaban J connectivity index is 1.94.